The van der Waals surface area contributed by atoms with E-state index >= 15 is 0 Å². The fourth-order valence-electron chi connectivity index (χ4n) is 2.64. The SMILES string of the molecule is Cc1c(S(=O)(=O)N(C)[C@H](C)C[S@](C)=O)c2ccccc2n1C. The van der Waals surface area contributed by atoms with Crippen LogP contribution >= 0.6 is 0 Å². The van der Waals surface area contributed by atoms with Gasteiger partial charge in [0.15, 0.2) is 0 Å². The van der Waals surface area contributed by atoms with E-state index in [-0.39, 0.29) is 6.04 Å². The van der Waals surface area contributed by atoms with Gasteiger partial charge in [-0.05, 0) is 19.9 Å². The van der Waals surface area contributed by atoms with Crippen molar-refractivity contribution in [2.75, 3.05) is 19.1 Å². The molecule has 0 unspecified atom stereocenters. The predicted molar refractivity (Wildman–Crippen MR) is 91.0 cm³/mol. The van der Waals surface area contributed by atoms with Gasteiger partial charge in [-0.15, -0.1) is 0 Å². The van der Waals surface area contributed by atoms with E-state index < -0.39 is 20.8 Å². The summed E-state index contributed by atoms with van der Waals surface area (Å²) in [5.41, 5.74) is 1.59. The first-order chi connectivity index (χ1) is 10.2. The van der Waals surface area contributed by atoms with Gasteiger partial charge in [0.25, 0.3) is 0 Å². The lowest BCUT2D eigenvalue weighted by molar-refractivity contribution is 0.413. The fraction of sp³-hybridized carbons (Fsp3) is 0.467. The van der Waals surface area contributed by atoms with Gasteiger partial charge in [0.2, 0.25) is 10.0 Å². The smallest absolute Gasteiger partial charge is 0.245 e. The molecule has 122 valence electrons. The van der Waals surface area contributed by atoms with E-state index in [1.54, 1.807) is 20.2 Å². The summed E-state index contributed by atoms with van der Waals surface area (Å²) >= 11 is 0. The van der Waals surface area contributed by atoms with E-state index in [4.69, 9.17) is 0 Å². The maximum Gasteiger partial charge on any atom is 0.245 e. The molecule has 0 saturated carbocycles. The Hall–Kier alpha value is -1.18. The summed E-state index contributed by atoms with van der Waals surface area (Å²) in [6.07, 6.45) is 1.58. The number of para-hydroxylation sites is 1. The van der Waals surface area contributed by atoms with Crippen molar-refractivity contribution in [3.63, 3.8) is 0 Å². The highest BCUT2D eigenvalue weighted by atomic mass is 32.2. The number of sulfonamides is 1. The first kappa shape index (κ1) is 17.2. The average Bonchev–Trinajstić information content (AvgIpc) is 2.70. The number of hydrogen-bond donors (Lipinski definition) is 0. The molecule has 0 bridgehead atoms. The number of aromatic nitrogens is 1. The zero-order valence-electron chi connectivity index (χ0n) is 13.5. The molecule has 0 saturated heterocycles. The van der Waals surface area contributed by atoms with Gasteiger partial charge < -0.3 is 4.57 Å². The average molecular weight is 342 g/mol. The van der Waals surface area contributed by atoms with Crippen molar-refractivity contribution >= 4 is 31.7 Å². The molecule has 0 spiro atoms. The molecule has 0 fully saturated rings. The molecule has 22 heavy (non-hydrogen) atoms. The summed E-state index contributed by atoms with van der Waals surface area (Å²) in [6, 6.07) is 7.14. The summed E-state index contributed by atoms with van der Waals surface area (Å²) in [5.74, 6) is 0.319. The zero-order valence-corrected chi connectivity index (χ0v) is 15.2. The van der Waals surface area contributed by atoms with E-state index in [1.807, 2.05) is 42.8 Å². The Kier molecular flexibility index (Phi) is 4.79. The van der Waals surface area contributed by atoms with E-state index in [2.05, 4.69) is 0 Å². The molecule has 0 aliphatic carbocycles. The third-order valence-electron chi connectivity index (χ3n) is 4.08. The van der Waals surface area contributed by atoms with Crippen molar-refractivity contribution in [2.24, 2.45) is 7.05 Å². The molecular weight excluding hydrogens is 320 g/mol. The van der Waals surface area contributed by atoms with Gasteiger partial charge in [0.05, 0.1) is 0 Å². The highest BCUT2D eigenvalue weighted by Gasteiger charge is 2.31. The largest absolute Gasteiger partial charge is 0.347 e. The van der Waals surface area contributed by atoms with Crippen LogP contribution in [-0.2, 0) is 27.9 Å². The highest BCUT2D eigenvalue weighted by molar-refractivity contribution is 7.89. The summed E-state index contributed by atoms with van der Waals surface area (Å²) in [7, 11) is -1.28. The maximum atomic E-state index is 13.0. The zero-order chi connectivity index (χ0) is 16.7. The first-order valence-electron chi connectivity index (χ1n) is 7.00. The molecule has 7 heteroatoms. The standard InChI is InChI=1S/C15H22N2O3S2/c1-11(10-21(5)18)17(4)22(19,20)15-12(2)16(3)14-9-7-6-8-13(14)15/h6-9,11H,10H2,1-5H3/t11-,21+/m1/s1. The number of nitrogens with zero attached hydrogens (tertiary/aromatic N) is 2. The summed E-state index contributed by atoms with van der Waals surface area (Å²) < 4.78 is 40.6. The Morgan fingerprint density at radius 3 is 2.50 bits per heavy atom. The Labute approximate surface area is 134 Å². The van der Waals surface area contributed by atoms with Crippen LogP contribution in [0, 0.1) is 6.92 Å². The van der Waals surface area contributed by atoms with Crippen molar-refractivity contribution in [2.45, 2.75) is 24.8 Å². The third-order valence-corrected chi connectivity index (χ3v) is 7.18. The molecule has 1 aromatic carbocycles. The number of aryl methyl sites for hydroxylation is 1. The molecule has 0 aliphatic rings. The van der Waals surface area contributed by atoms with Crippen molar-refractivity contribution < 1.29 is 12.6 Å². The predicted octanol–water partition coefficient (Wildman–Crippen LogP) is 1.87. The number of rotatable bonds is 5. The number of hydrogen-bond acceptors (Lipinski definition) is 3. The fourth-order valence-corrected chi connectivity index (χ4v) is 5.43. The van der Waals surface area contributed by atoms with Crippen LogP contribution in [0.25, 0.3) is 10.9 Å². The van der Waals surface area contributed by atoms with Crippen LogP contribution in [0.15, 0.2) is 29.2 Å². The molecule has 2 atom stereocenters. The van der Waals surface area contributed by atoms with Gasteiger partial charge in [0, 0.05) is 59.5 Å². The third kappa shape index (κ3) is 2.85. The Morgan fingerprint density at radius 1 is 1.32 bits per heavy atom. The molecule has 1 heterocycles. The monoisotopic (exact) mass is 342 g/mol. The number of fused-ring (bicyclic) bond motifs is 1. The minimum Gasteiger partial charge on any atom is -0.347 e. The second-order valence-corrected chi connectivity index (χ2v) is 9.01. The van der Waals surface area contributed by atoms with Crippen molar-refractivity contribution in [1.82, 2.24) is 8.87 Å². The van der Waals surface area contributed by atoms with Crippen molar-refractivity contribution in [3.8, 4) is 0 Å². The van der Waals surface area contributed by atoms with E-state index in [1.165, 1.54) is 4.31 Å². The molecule has 0 aliphatic heterocycles. The number of benzene rings is 1. The summed E-state index contributed by atoms with van der Waals surface area (Å²) in [6.45, 7) is 3.59. The van der Waals surface area contributed by atoms with Gasteiger partial charge >= 0.3 is 0 Å². The van der Waals surface area contributed by atoms with Gasteiger partial charge in [0.1, 0.15) is 4.90 Å². The normalized spacial score (nSPS) is 15.4. The molecule has 2 rings (SSSR count). The quantitative estimate of drug-likeness (QED) is 0.833. The lowest BCUT2D eigenvalue weighted by Gasteiger charge is -2.23. The van der Waals surface area contributed by atoms with Gasteiger partial charge in [-0.25, -0.2) is 8.42 Å². The molecule has 1 aromatic heterocycles. The Morgan fingerprint density at radius 2 is 1.91 bits per heavy atom. The first-order valence-corrected chi connectivity index (χ1v) is 10.2. The van der Waals surface area contributed by atoms with Crippen LogP contribution in [-0.4, -0.2) is 46.6 Å². The lowest BCUT2D eigenvalue weighted by Crippen LogP contribution is -2.38. The molecule has 0 radical (unpaired) electrons. The van der Waals surface area contributed by atoms with Crippen LogP contribution in [0.2, 0.25) is 0 Å². The molecule has 0 N–H and O–H groups in total. The van der Waals surface area contributed by atoms with Crippen LogP contribution in [0.3, 0.4) is 0 Å². The molecular formula is C15H22N2O3S2. The topological polar surface area (TPSA) is 59.4 Å². The molecule has 5 nitrogen and oxygen atoms in total. The Balaban J connectivity index is 2.60. The van der Waals surface area contributed by atoms with Crippen LogP contribution in [0.1, 0.15) is 12.6 Å². The van der Waals surface area contributed by atoms with Gasteiger partial charge in [-0.2, -0.15) is 4.31 Å². The maximum absolute atomic E-state index is 13.0. The second-order valence-electron chi connectivity index (χ2n) is 5.60. The highest BCUT2D eigenvalue weighted by Crippen LogP contribution is 2.31. The molecule has 2 aromatic rings. The van der Waals surface area contributed by atoms with Crippen molar-refractivity contribution in [1.29, 1.82) is 0 Å². The van der Waals surface area contributed by atoms with Gasteiger partial charge in [-0.3, -0.25) is 4.21 Å². The lowest BCUT2D eigenvalue weighted by atomic mass is 10.2. The minimum absolute atomic E-state index is 0.319. The van der Waals surface area contributed by atoms with E-state index in [0.29, 0.717) is 16.3 Å². The van der Waals surface area contributed by atoms with Crippen LogP contribution in [0.5, 0.6) is 0 Å². The summed E-state index contributed by atoms with van der Waals surface area (Å²) in [4.78, 5) is 0.335. The van der Waals surface area contributed by atoms with Gasteiger partial charge in [-0.1, -0.05) is 18.2 Å². The van der Waals surface area contributed by atoms with Crippen LogP contribution < -0.4 is 0 Å². The summed E-state index contributed by atoms with van der Waals surface area (Å²) in [5, 5.41) is 0.721. The van der Waals surface area contributed by atoms with E-state index in [0.717, 1.165) is 10.9 Å². The Bertz CT molecular complexity index is 825. The van der Waals surface area contributed by atoms with Crippen molar-refractivity contribution in [3.05, 3.63) is 30.0 Å². The molecule has 0 amide bonds. The van der Waals surface area contributed by atoms with E-state index in [9.17, 15) is 12.6 Å². The van der Waals surface area contributed by atoms with Crippen LogP contribution in [0.4, 0.5) is 0 Å². The second kappa shape index (κ2) is 6.14. The minimum atomic E-state index is -3.64.